The van der Waals surface area contributed by atoms with Gasteiger partial charge >= 0.3 is 12.4 Å². The van der Waals surface area contributed by atoms with Gasteiger partial charge in [-0.15, -0.1) is 0 Å². The first-order chi connectivity index (χ1) is 3.81. The van der Waals surface area contributed by atoms with E-state index in [4.69, 9.17) is 19.6 Å². The second-order valence-corrected chi connectivity index (χ2v) is 12.7. The van der Waals surface area contributed by atoms with Crippen molar-refractivity contribution in [1.82, 2.24) is 0 Å². The lowest BCUT2D eigenvalue weighted by Crippen LogP contribution is -1.81. The zero-order valence-corrected chi connectivity index (χ0v) is 7.92. The SMILES string of the molecule is C[S+]=P(O)(O)P(O)(O)=S. The Morgan fingerprint density at radius 2 is 1.56 bits per heavy atom. The van der Waals surface area contributed by atoms with Crippen LogP contribution in [0.4, 0.5) is 0 Å². The van der Waals surface area contributed by atoms with Gasteiger partial charge in [-0.25, -0.2) is 0 Å². The fourth-order valence-electron chi connectivity index (χ4n) is 0.106. The Kier molecular flexibility index (Phi) is 3.41. The minimum Gasteiger partial charge on any atom is -0.336 e. The van der Waals surface area contributed by atoms with Gasteiger partial charge in [0.2, 0.25) is 10.9 Å². The second kappa shape index (κ2) is 3.03. The minimum atomic E-state index is -3.85. The molecular weight excluding hydrogens is 202 g/mol. The molecule has 4 nitrogen and oxygen atoms in total. The predicted octanol–water partition coefficient (Wildman–Crippen LogP) is -0.345. The van der Waals surface area contributed by atoms with E-state index in [9.17, 15) is 0 Å². The summed E-state index contributed by atoms with van der Waals surface area (Å²) in [7, 11) is 0.601. The van der Waals surface area contributed by atoms with Crippen molar-refractivity contribution in [3.63, 3.8) is 0 Å². The van der Waals surface area contributed by atoms with E-state index in [2.05, 4.69) is 11.8 Å². The van der Waals surface area contributed by atoms with E-state index in [-0.39, 0.29) is 0 Å². The van der Waals surface area contributed by atoms with Crippen LogP contribution in [0.15, 0.2) is 0 Å². The van der Waals surface area contributed by atoms with Crippen LogP contribution in [0.5, 0.6) is 0 Å². The molecule has 0 amide bonds. The van der Waals surface area contributed by atoms with Gasteiger partial charge in [-0.05, 0) is 11.8 Å². The molecule has 0 aromatic rings. The molecule has 0 spiro atoms. The van der Waals surface area contributed by atoms with Crippen molar-refractivity contribution in [3.8, 4) is 0 Å². The molecule has 0 fully saturated rings. The van der Waals surface area contributed by atoms with Gasteiger partial charge in [0.25, 0.3) is 0 Å². The first-order valence-electron chi connectivity index (χ1n) is 1.77. The highest BCUT2D eigenvalue weighted by atomic mass is 32.8. The molecule has 56 valence electrons. The molecule has 0 saturated heterocycles. The highest BCUT2D eigenvalue weighted by Gasteiger charge is 2.38. The summed E-state index contributed by atoms with van der Waals surface area (Å²) in [6.45, 7) is 0. The highest BCUT2D eigenvalue weighted by Crippen LogP contribution is 2.72. The molecule has 0 radical (unpaired) electrons. The topological polar surface area (TPSA) is 80.9 Å². The molecule has 8 heteroatoms. The van der Waals surface area contributed by atoms with E-state index in [1.165, 1.54) is 6.26 Å². The number of hydrogen-bond donors (Lipinski definition) is 4. The van der Waals surface area contributed by atoms with Crippen LogP contribution in [0.1, 0.15) is 0 Å². The quantitative estimate of drug-likeness (QED) is 0.351. The summed E-state index contributed by atoms with van der Waals surface area (Å²) in [5.74, 6) is 0. The Hall–Kier alpha value is 1.14. The fraction of sp³-hybridized carbons (Fsp3) is 1.00. The largest absolute Gasteiger partial charge is 0.449 e. The molecule has 0 heterocycles. The third-order valence-electron chi connectivity index (χ3n) is 0.584. The van der Waals surface area contributed by atoms with Crippen LogP contribution < -0.4 is 0 Å². The molecule has 0 unspecified atom stereocenters. The van der Waals surface area contributed by atoms with Crippen molar-refractivity contribution in [1.29, 1.82) is 0 Å². The van der Waals surface area contributed by atoms with E-state index in [1.54, 1.807) is 0 Å². The van der Waals surface area contributed by atoms with Crippen molar-refractivity contribution in [3.05, 3.63) is 0 Å². The first kappa shape index (κ1) is 10.1. The maximum atomic E-state index is 8.73. The normalized spacial score (nSPS) is 13.4. The molecular formula is CH7O4P2S2+. The third kappa shape index (κ3) is 2.70. The molecule has 9 heavy (non-hydrogen) atoms. The molecule has 0 saturated carbocycles. The van der Waals surface area contributed by atoms with Crippen LogP contribution in [0, 0.1) is 0 Å². The van der Waals surface area contributed by atoms with E-state index in [1.807, 2.05) is 0 Å². The summed E-state index contributed by atoms with van der Waals surface area (Å²) < 4.78 is 0. The van der Waals surface area contributed by atoms with Gasteiger partial charge in [-0.2, -0.15) is 0 Å². The fourth-order valence-corrected chi connectivity index (χ4v) is 4.67. The molecule has 0 aliphatic rings. The van der Waals surface area contributed by atoms with Gasteiger partial charge in [-0.3, -0.25) is 0 Å². The second-order valence-electron chi connectivity index (χ2n) is 1.21. The molecule has 0 atom stereocenters. The molecule has 4 N–H and O–H groups in total. The van der Waals surface area contributed by atoms with Crippen molar-refractivity contribution in [2.45, 2.75) is 0 Å². The van der Waals surface area contributed by atoms with Gasteiger partial charge in [0.1, 0.15) is 0 Å². The number of hydrogen-bond acceptors (Lipinski definition) is 1. The third-order valence-corrected chi connectivity index (χ3v) is 11.8. The van der Waals surface area contributed by atoms with Crippen molar-refractivity contribution in [2.75, 3.05) is 6.26 Å². The zero-order chi connectivity index (χ0) is 7.71. The Morgan fingerprint density at radius 3 is 1.56 bits per heavy atom. The summed E-state index contributed by atoms with van der Waals surface area (Å²) in [6, 6.07) is 0. The molecule has 0 aromatic carbocycles. The van der Waals surface area contributed by atoms with Crippen LogP contribution in [-0.4, -0.2) is 25.8 Å². The lowest BCUT2D eigenvalue weighted by molar-refractivity contribution is 0.453. The summed E-state index contributed by atoms with van der Waals surface area (Å²) in [4.78, 5) is 34.6. The van der Waals surface area contributed by atoms with Gasteiger partial charge < -0.3 is 19.6 Å². The van der Waals surface area contributed by atoms with Gasteiger partial charge in [-0.1, -0.05) is 0 Å². The zero-order valence-electron chi connectivity index (χ0n) is 4.50. The van der Waals surface area contributed by atoms with E-state index in [0.717, 1.165) is 0 Å². The first-order valence-corrected chi connectivity index (χ1v) is 8.71. The summed E-state index contributed by atoms with van der Waals surface area (Å²) in [6.07, 6.45) is -6.14. The van der Waals surface area contributed by atoms with Crippen LogP contribution in [0.25, 0.3) is 0 Å². The summed E-state index contributed by atoms with van der Waals surface area (Å²) >= 11 is 4.07. The molecule has 0 rings (SSSR count). The van der Waals surface area contributed by atoms with Crippen molar-refractivity contribution < 1.29 is 19.6 Å². The maximum absolute atomic E-state index is 8.73. The maximum Gasteiger partial charge on any atom is 0.449 e. The molecule has 0 aliphatic carbocycles. The monoisotopic (exact) mass is 209 g/mol. The molecule has 0 bridgehead atoms. The Labute approximate surface area is 61.4 Å². The van der Waals surface area contributed by atoms with Crippen LogP contribution in [-0.2, 0) is 22.7 Å². The van der Waals surface area contributed by atoms with Crippen molar-refractivity contribution in [2.24, 2.45) is 0 Å². The molecule has 0 aliphatic heterocycles. The van der Waals surface area contributed by atoms with Crippen LogP contribution in [0.2, 0.25) is 0 Å². The van der Waals surface area contributed by atoms with Crippen molar-refractivity contribution >= 4 is 35.1 Å². The van der Waals surface area contributed by atoms with Crippen LogP contribution in [0.3, 0.4) is 0 Å². The lowest BCUT2D eigenvalue weighted by atomic mass is 12.0. The summed E-state index contributed by atoms with van der Waals surface area (Å²) in [5.41, 5.74) is 0. The van der Waals surface area contributed by atoms with Crippen LogP contribution >= 0.6 is 12.4 Å². The predicted molar refractivity (Wildman–Crippen MR) is 43.4 cm³/mol. The Bertz CT molecular complexity index is 187. The van der Waals surface area contributed by atoms with E-state index in [0.29, 0.717) is 10.9 Å². The van der Waals surface area contributed by atoms with E-state index < -0.39 is 12.4 Å². The van der Waals surface area contributed by atoms with Gasteiger partial charge in [0.05, 0.1) is 0 Å². The van der Waals surface area contributed by atoms with E-state index >= 15 is 0 Å². The lowest BCUT2D eigenvalue weighted by Gasteiger charge is -2.04. The standard InChI is InChI=1S/CH6O4P2S2/c1-9-7(4,5)6(2,3)8/h1H3,(H3-,2,3,4,5,8)/p+1. The highest BCUT2D eigenvalue weighted by molar-refractivity contribution is 8.61. The molecule has 0 aromatic heterocycles. The Balaban J connectivity index is 4.80. The Morgan fingerprint density at radius 1 is 1.22 bits per heavy atom. The van der Waals surface area contributed by atoms with Gasteiger partial charge in [0, 0.05) is 0 Å². The average molecular weight is 209 g/mol. The number of rotatable bonds is 1. The minimum absolute atomic E-state index is 0.601. The average Bonchev–Trinajstić information content (AvgIpc) is 1.64. The summed E-state index contributed by atoms with van der Waals surface area (Å²) in [5, 5.41) is 0. The van der Waals surface area contributed by atoms with Gasteiger partial charge in [0.15, 0.2) is 6.26 Å². The smallest absolute Gasteiger partial charge is 0.336 e.